The second-order valence-corrected chi connectivity index (χ2v) is 7.06. The summed E-state index contributed by atoms with van der Waals surface area (Å²) >= 11 is 0. The Balaban J connectivity index is 1.72. The Morgan fingerprint density at radius 3 is 2.34 bits per heavy atom. The van der Waals surface area contributed by atoms with Gasteiger partial charge in [0.25, 0.3) is 5.79 Å². The fraction of sp³-hybridized carbons (Fsp3) is 0.333. The summed E-state index contributed by atoms with van der Waals surface area (Å²) in [4.78, 5) is 24.2. The number of carbonyl (C=O) groups excluding carboxylic acids is 2. The first-order valence-electron chi connectivity index (χ1n) is 9.41. The van der Waals surface area contributed by atoms with E-state index in [0.717, 1.165) is 5.56 Å². The van der Waals surface area contributed by atoms with Gasteiger partial charge in [-0.2, -0.15) is 0 Å². The molecule has 2 aromatic carbocycles. The molecule has 2 aliphatic rings. The summed E-state index contributed by atoms with van der Waals surface area (Å²) < 4.78 is 38.9. The molecule has 4 rings (SSSR count). The van der Waals surface area contributed by atoms with Crippen LogP contribution in [0.5, 0.6) is 0 Å². The zero-order chi connectivity index (χ0) is 20.4. The normalized spacial score (nSPS) is 18.3. The molecular weight excluding hydrogens is 382 g/mol. The lowest BCUT2D eigenvalue weighted by atomic mass is 9.95. The first-order valence-corrected chi connectivity index (χ1v) is 9.41. The monoisotopic (exact) mass is 402 g/mol. The van der Waals surface area contributed by atoms with Crippen LogP contribution in [0.1, 0.15) is 29.5 Å². The number of rotatable bonds is 3. The number of hydrogen-bond donors (Lipinski definition) is 2. The fourth-order valence-electron chi connectivity index (χ4n) is 3.66. The summed E-state index contributed by atoms with van der Waals surface area (Å²) in [6.45, 7) is 0.840. The average molecular weight is 402 g/mol. The van der Waals surface area contributed by atoms with E-state index in [0.29, 0.717) is 24.1 Å². The van der Waals surface area contributed by atoms with E-state index in [1.54, 1.807) is 12.1 Å². The third-order valence-corrected chi connectivity index (χ3v) is 5.06. The Labute approximate surface area is 166 Å². The molecule has 0 aromatic heterocycles. The summed E-state index contributed by atoms with van der Waals surface area (Å²) in [5.41, 5.74) is 2.03. The van der Waals surface area contributed by atoms with Crippen LogP contribution in [0.4, 0.5) is 14.5 Å². The second-order valence-electron chi connectivity index (χ2n) is 7.06. The highest BCUT2D eigenvalue weighted by Gasteiger charge is 2.46. The van der Waals surface area contributed by atoms with Gasteiger partial charge in [0, 0.05) is 12.1 Å². The topological polar surface area (TPSA) is 76.7 Å². The smallest absolute Gasteiger partial charge is 0.309 e. The molecular formula is C21H20F2N2O4. The molecule has 0 unspecified atom stereocenters. The molecule has 1 saturated heterocycles. The van der Waals surface area contributed by atoms with Crippen LogP contribution < -0.4 is 10.6 Å². The van der Waals surface area contributed by atoms with Gasteiger partial charge in [0.15, 0.2) is 0 Å². The molecule has 6 nitrogen and oxygen atoms in total. The van der Waals surface area contributed by atoms with Crippen molar-refractivity contribution < 1.29 is 27.8 Å². The summed E-state index contributed by atoms with van der Waals surface area (Å²) in [5, 5.41) is 6.16. The van der Waals surface area contributed by atoms with E-state index in [-0.39, 0.29) is 37.4 Å². The molecule has 0 atom stereocenters. The third-order valence-electron chi connectivity index (χ3n) is 5.06. The summed E-state index contributed by atoms with van der Waals surface area (Å²) in [7, 11) is 0. The Hall–Kier alpha value is -3.00. The number of ether oxygens (including phenoxy) is 2. The van der Waals surface area contributed by atoms with E-state index in [9.17, 15) is 18.4 Å². The van der Waals surface area contributed by atoms with Gasteiger partial charge >= 0.3 is 11.9 Å². The van der Waals surface area contributed by atoms with Crippen LogP contribution in [-0.2, 0) is 37.8 Å². The molecule has 0 amide bonds. The van der Waals surface area contributed by atoms with Crippen molar-refractivity contribution in [2.75, 3.05) is 18.4 Å². The average Bonchev–Trinajstić information content (AvgIpc) is 2.95. The number of anilines is 1. The third kappa shape index (κ3) is 3.93. The molecule has 2 aliphatic heterocycles. The molecule has 1 fully saturated rings. The van der Waals surface area contributed by atoms with E-state index in [4.69, 9.17) is 9.47 Å². The van der Waals surface area contributed by atoms with Crippen LogP contribution in [-0.4, -0.2) is 25.0 Å². The largest absolute Gasteiger partial charge is 0.416 e. The quantitative estimate of drug-likeness (QED) is 0.769. The maximum atomic E-state index is 14.7. The Bertz CT molecular complexity index is 928. The van der Waals surface area contributed by atoms with Gasteiger partial charge in [0.05, 0.1) is 25.1 Å². The molecule has 0 aliphatic carbocycles. The van der Waals surface area contributed by atoms with Crippen molar-refractivity contribution in [3.05, 3.63) is 64.7 Å². The maximum absolute atomic E-state index is 14.7. The van der Waals surface area contributed by atoms with E-state index in [1.165, 1.54) is 24.3 Å². The number of hydrogen-bond acceptors (Lipinski definition) is 6. The van der Waals surface area contributed by atoms with Crippen molar-refractivity contribution in [1.82, 2.24) is 5.32 Å². The Morgan fingerprint density at radius 2 is 1.66 bits per heavy atom. The van der Waals surface area contributed by atoms with E-state index < -0.39 is 23.5 Å². The van der Waals surface area contributed by atoms with Gasteiger partial charge in [0.2, 0.25) is 0 Å². The lowest BCUT2D eigenvalue weighted by Gasteiger charge is -2.32. The van der Waals surface area contributed by atoms with E-state index in [1.807, 2.05) is 0 Å². The van der Waals surface area contributed by atoms with Gasteiger partial charge in [-0.3, -0.25) is 9.59 Å². The summed E-state index contributed by atoms with van der Waals surface area (Å²) in [5.74, 6) is -3.55. The molecule has 0 saturated carbocycles. The highest BCUT2D eigenvalue weighted by molar-refractivity contribution is 5.80. The van der Waals surface area contributed by atoms with Crippen LogP contribution in [0.25, 0.3) is 0 Å². The minimum Gasteiger partial charge on any atom is -0.416 e. The first kappa shape index (κ1) is 19.3. The number of benzene rings is 2. The van der Waals surface area contributed by atoms with E-state index >= 15 is 0 Å². The van der Waals surface area contributed by atoms with Crippen molar-refractivity contribution in [3.63, 3.8) is 0 Å². The minimum absolute atomic E-state index is 0.0627. The van der Waals surface area contributed by atoms with Crippen molar-refractivity contribution in [2.24, 2.45) is 0 Å². The molecule has 0 bridgehead atoms. The summed E-state index contributed by atoms with van der Waals surface area (Å²) in [6, 6.07) is 8.64. The lowest BCUT2D eigenvalue weighted by molar-refractivity contribution is -0.225. The van der Waals surface area contributed by atoms with Gasteiger partial charge in [-0.25, -0.2) is 8.78 Å². The van der Waals surface area contributed by atoms with Crippen molar-refractivity contribution in [1.29, 1.82) is 0 Å². The van der Waals surface area contributed by atoms with Crippen LogP contribution >= 0.6 is 0 Å². The van der Waals surface area contributed by atoms with E-state index in [2.05, 4.69) is 10.6 Å². The SMILES string of the molecule is O=C1CCC(=O)OC2(CNCCc3c2ccc(F)c3NCc2ccc(F)cc2)O1. The van der Waals surface area contributed by atoms with Crippen molar-refractivity contribution in [3.8, 4) is 0 Å². The molecule has 152 valence electrons. The lowest BCUT2D eigenvalue weighted by Crippen LogP contribution is -2.43. The van der Waals surface area contributed by atoms with Crippen molar-refractivity contribution >= 4 is 17.6 Å². The molecule has 8 heteroatoms. The number of fused-ring (bicyclic) bond motifs is 2. The van der Waals surface area contributed by atoms with Gasteiger partial charge in [-0.15, -0.1) is 0 Å². The number of nitrogens with one attached hydrogen (secondary N) is 2. The van der Waals surface area contributed by atoms with Gasteiger partial charge in [-0.05, 0) is 48.4 Å². The highest BCUT2D eigenvalue weighted by Crippen LogP contribution is 2.38. The number of carbonyl (C=O) groups is 2. The highest BCUT2D eigenvalue weighted by atomic mass is 19.1. The number of esters is 2. The minimum atomic E-state index is -1.63. The molecule has 2 N–H and O–H groups in total. The first-order chi connectivity index (χ1) is 14.0. The van der Waals surface area contributed by atoms with Gasteiger partial charge in [0.1, 0.15) is 11.6 Å². The van der Waals surface area contributed by atoms with Crippen LogP contribution in [0.3, 0.4) is 0 Å². The molecule has 2 heterocycles. The molecule has 29 heavy (non-hydrogen) atoms. The predicted molar refractivity (Wildman–Crippen MR) is 99.8 cm³/mol. The van der Waals surface area contributed by atoms with Gasteiger partial charge < -0.3 is 20.1 Å². The fourth-order valence-corrected chi connectivity index (χ4v) is 3.66. The number of halogens is 2. The second kappa shape index (κ2) is 7.79. The van der Waals surface area contributed by atoms with Crippen LogP contribution in [0, 0.1) is 11.6 Å². The standard InChI is InChI=1S/C21H20F2N2O4/c22-14-3-1-13(2-4-14)11-25-20-15-9-10-24-12-21(16(15)5-6-17(20)23)28-18(26)7-8-19(27)29-21/h1-6,24-25H,7-12H2. The van der Waals surface area contributed by atoms with Gasteiger partial charge in [-0.1, -0.05) is 12.1 Å². The predicted octanol–water partition coefficient (Wildman–Crippen LogP) is 2.76. The van der Waals surface area contributed by atoms with Crippen molar-refractivity contribution in [2.45, 2.75) is 31.6 Å². The van der Waals surface area contributed by atoms with Crippen LogP contribution in [0.2, 0.25) is 0 Å². The zero-order valence-electron chi connectivity index (χ0n) is 15.6. The molecule has 1 spiro atoms. The zero-order valence-corrected chi connectivity index (χ0v) is 15.6. The molecule has 2 aromatic rings. The summed E-state index contributed by atoms with van der Waals surface area (Å²) in [6.07, 6.45) is 0.315. The Kier molecular flexibility index (Phi) is 5.19. The van der Waals surface area contributed by atoms with Crippen LogP contribution in [0.15, 0.2) is 36.4 Å². The maximum Gasteiger partial charge on any atom is 0.309 e. The Morgan fingerprint density at radius 1 is 0.966 bits per heavy atom. The molecule has 0 radical (unpaired) electrons.